The zero-order valence-corrected chi connectivity index (χ0v) is 39.0. The van der Waals surface area contributed by atoms with Gasteiger partial charge in [-0.15, -0.1) is 0 Å². The van der Waals surface area contributed by atoms with Crippen LogP contribution in [0.2, 0.25) is 0 Å². The smallest absolute Gasteiger partial charge is 0.186 e. The van der Waals surface area contributed by atoms with Crippen molar-refractivity contribution in [3.05, 3.63) is 218 Å². The average Bonchev–Trinajstić information content (AvgIpc) is 3.91. The number of fused-ring (bicyclic) bond motifs is 11. The van der Waals surface area contributed by atoms with E-state index in [1.54, 1.807) is 0 Å². The van der Waals surface area contributed by atoms with Crippen LogP contribution in [-0.4, -0.2) is 0 Å². The zero-order valence-electron chi connectivity index (χ0n) is 36.3. The molecule has 6 heterocycles. The summed E-state index contributed by atoms with van der Waals surface area (Å²) < 4.78 is 26.0. The maximum Gasteiger partial charge on any atom is 0.186 e. The Kier molecular flexibility index (Phi) is 7.38. The van der Waals surface area contributed by atoms with E-state index in [0.717, 1.165) is 77.9 Å². The lowest BCUT2D eigenvalue weighted by molar-refractivity contribution is 0.487. The fourth-order valence-electron chi connectivity index (χ4n) is 12.1. The lowest BCUT2D eigenvalue weighted by atomic mass is 10.0. The van der Waals surface area contributed by atoms with Crippen molar-refractivity contribution in [2.24, 2.45) is 0 Å². The Hall–Kier alpha value is -7.77. The molecule has 8 heteroatoms. The van der Waals surface area contributed by atoms with Gasteiger partial charge in [0.15, 0.2) is 7.14 Å². The Morgan fingerprint density at radius 1 is 0.353 bits per heavy atom. The number of benzene rings is 10. The van der Waals surface area contributed by atoms with E-state index in [4.69, 9.17) is 4.74 Å². The van der Waals surface area contributed by atoms with Crippen LogP contribution < -0.4 is 35.4 Å². The van der Waals surface area contributed by atoms with E-state index in [0.29, 0.717) is 11.5 Å². The van der Waals surface area contributed by atoms with Crippen molar-refractivity contribution >= 4 is 131 Å². The van der Waals surface area contributed by atoms with Crippen LogP contribution in [0.1, 0.15) is 0 Å². The summed E-state index contributed by atoms with van der Waals surface area (Å²) >= 11 is 0. The fourth-order valence-corrected chi connectivity index (χ4v) is 21.3. The topological polar surface area (TPSA) is 36.0 Å². The number of anilines is 9. The number of ether oxygens (including phenoxy) is 1. The van der Waals surface area contributed by atoms with Crippen LogP contribution in [0, 0.1) is 0 Å². The van der Waals surface area contributed by atoms with Crippen molar-refractivity contribution in [2.75, 3.05) is 14.7 Å². The highest BCUT2D eigenvalue weighted by Crippen LogP contribution is 2.74. The molecular weight excluding hydrogens is 888 g/mol. The van der Waals surface area contributed by atoms with Gasteiger partial charge in [-0.1, -0.05) is 173 Å². The predicted molar refractivity (Wildman–Crippen MR) is 289 cm³/mol. The third-order valence-electron chi connectivity index (χ3n) is 14.6. The molecule has 0 N–H and O–H groups in total. The molecule has 5 nitrogen and oxygen atoms in total. The summed E-state index contributed by atoms with van der Waals surface area (Å²) in [6, 6.07) is 78.9. The minimum Gasteiger partial charge on any atom is -0.456 e. The molecule has 0 spiro atoms. The molecule has 0 bridgehead atoms. The summed E-state index contributed by atoms with van der Waals surface area (Å²) in [5.74, 6) is 1.35. The van der Waals surface area contributed by atoms with E-state index in [1.807, 2.05) is 0 Å². The molecule has 3 atom stereocenters. The maximum atomic E-state index is 18.5. The number of hydrogen-bond donors (Lipinski definition) is 0. The van der Waals surface area contributed by atoms with Crippen LogP contribution in [0.15, 0.2) is 218 Å². The van der Waals surface area contributed by atoms with E-state index in [9.17, 15) is 0 Å². The van der Waals surface area contributed by atoms with Crippen molar-refractivity contribution in [3.8, 4) is 22.1 Å². The second kappa shape index (κ2) is 13.4. The molecule has 0 amide bonds. The standard InChI is InChI=1S/C60H36N3O2P3/c64-68-58-48-34-33-47-53(58)63(46-30-16-15-29-45(46)61(47)37-19-5-1-6-20-37)55-57-44(42-28-14-18-32-52(42)67(57)40-25-11-4-12-26-40)36-50(60(55)68)65-49-35-43-41-27-13-17-31-51(41)66(39-23-9-3-10-24-39)56(43)54(59(49)68)62(48)38-21-7-2-8-22-38/h1-36H. The first kappa shape index (κ1) is 37.3. The highest BCUT2D eigenvalue weighted by molar-refractivity contribution is 7.87. The summed E-state index contributed by atoms with van der Waals surface area (Å²) in [4.78, 5) is 7.33. The van der Waals surface area contributed by atoms with Crippen molar-refractivity contribution in [1.29, 1.82) is 0 Å². The molecule has 318 valence electrons. The van der Waals surface area contributed by atoms with Crippen LogP contribution in [-0.2, 0) is 4.57 Å². The van der Waals surface area contributed by atoms with Crippen molar-refractivity contribution in [3.63, 3.8) is 0 Å². The number of rotatable bonds is 4. The Morgan fingerprint density at radius 3 is 1.32 bits per heavy atom. The second-order valence-electron chi connectivity index (χ2n) is 18.0. The lowest BCUT2D eigenvalue weighted by Gasteiger charge is -2.51. The Labute approximate surface area is 393 Å². The monoisotopic (exact) mass is 923 g/mol. The molecule has 0 saturated carbocycles. The van der Waals surface area contributed by atoms with Gasteiger partial charge in [-0.25, -0.2) is 0 Å². The van der Waals surface area contributed by atoms with E-state index >= 15 is 4.57 Å². The molecule has 0 aliphatic carbocycles. The zero-order chi connectivity index (χ0) is 44.4. The molecule has 0 saturated heterocycles. The Bertz CT molecular complexity index is 4200. The van der Waals surface area contributed by atoms with E-state index < -0.39 is 22.2 Å². The number of hydrogen-bond acceptors (Lipinski definition) is 5. The Balaban J connectivity index is 1.16. The summed E-state index contributed by atoms with van der Waals surface area (Å²) in [5, 5.41) is 14.7. The van der Waals surface area contributed by atoms with Gasteiger partial charge in [0.1, 0.15) is 11.5 Å². The third kappa shape index (κ3) is 4.57. The van der Waals surface area contributed by atoms with Crippen LogP contribution in [0.25, 0.3) is 52.6 Å². The van der Waals surface area contributed by atoms with Gasteiger partial charge in [-0.3, -0.25) is 0 Å². The van der Waals surface area contributed by atoms with Gasteiger partial charge in [0, 0.05) is 42.6 Å². The van der Waals surface area contributed by atoms with Crippen molar-refractivity contribution < 1.29 is 9.30 Å². The van der Waals surface area contributed by atoms with Gasteiger partial charge in [-0.05, 0) is 82.0 Å². The van der Waals surface area contributed by atoms with Gasteiger partial charge in [0.2, 0.25) is 0 Å². The van der Waals surface area contributed by atoms with Crippen LogP contribution in [0.5, 0.6) is 11.5 Å². The molecule has 68 heavy (non-hydrogen) atoms. The molecule has 12 aromatic rings. The van der Waals surface area contributed by atoms with Gasteiger partial charge in [-0.2, -0.15) is 0 Å². The third-order valence-corrected chi connectivity index (χ3v) is 23.0. The predicted octanol–water partition coefficient (Wildman–Crippen LogP) is 17.3. The molecule has 16 rings (SSSR count). The SMILES string of the molecule is O=P12c3c4ccc5c3N(c3ccccc3N5c3ccccc3)c3c1c(cc1c5ccccc5p(-c5ccccc5)c31)Oc1cc3c5ccccc5p(-c5ccccc5)c3c(c12)N4c1ccccc1. The van der Waals surface area contributed by atoms with Gasteiger partial charge < -0.3 is 24.0 Å². The normalized spacial score (nSPS) is 16.3. The molecule has 2 aromatic heterocycles. The highest BCUT2D eigenvalue weighted by Gasteiger charge is 2.57. The molecule has 3 unspecified atom stereocenters. The van der Waals surface area contributed by atoms with E-state index in [2.05, 4.69) is 233 Å². The second-order valence-corrected chi connectivity index (χ2v) is 24.8. The molecule has 4 aliphatic rings. The van der Waals surface area contributed by atoms with Gasteiger partial charge in [0.05, 0.1) is 55.7 Å². The quantitative estimate of drug-likeness (QED) is 0.164. The highest BCUT2D eigenvalue weighted by atomic mass is 31.2. The molecular formula is C60H36N3O2P3. The van der Waals surface area contributed by atoms with Gasteiger partial charge >= 0.3 is 0 Å². The van der Waals surface area contributed by atoms with Crippen molar-refractivity contribution in [1.82, 2.24) is 0 Å². The number of para-hydroxylation sites is 4. The summed E-state index contributed by atoms with van der Waals surface area (Å²) in [5.41, 5.74) is 9.05. The van der Waals surface area contributed by atoms with E-state index in [-0.39, 0.29) is 0 Å². The average molecular weight is 924 g/mol. The minimum absolute atomic E-state index is 0.672. The fraction of sp³-hybridized carbons (Fsp3) is 0. The van der Waals surface area contributed by atoms with Gasteiger partial charge in [0.25, 0.3) is 0 Å². The first-order valence-corrected chi connectivity index (χ1v) is 27.4. The van der Waals surface area contributed by atoms with Crippen LogP contribution >= 0.6 is 22.2 Å². The Morgan fingerprint density at radius 2 is 0.779 bits per heavy atom. The minimum atomic E-state index is -3.82. The molecule has 10 aromatic carbocycles. The van der Waals surface area contributed by atoms with Crippen LogP contribution in [0.4, 0.5) is 51.2 Å². The first-order valence-electron chi connectivity index (χ1n) is 23.1. The first-order chi connectivity index (χ1) is 33.7. The summed E-state index contributed by atoms with van der Waals surface area (Å²) in [6.45, 7) is 0. The number of nitrogens with zero attached hydrogens (tertiary/aromatic N) is 3. The molecule has 0 radical (unpaired) electrons. The molecule has 0 fully saturated rings. The molecule has 4 aliphatic heterocycles. The summed E-state index contributed by atoms with van der Waals surface area (Å²) in [7, 11) is -5.99. The lowest BCUT2D eigenvalue weighted by Crippen LogP contribution is -2.46. The maximum absolute atomic E-state index is 18.5. The van der Waals surface area contributed by atoms with Crippen LogP contribution in [0.3, 0.4) is 0 Å². The largest absolute Gasteiger partial charge is 0.456 e. The van der Waals surface area contributed by atoms with Crippen molar-refractivity contribution in [2.45, 2.75) is 0 Å². The summed E-state index contributed by atoms with van der Waals surface area (Å²) in [6.07, 6.45) is 0. The van der Waals surface area contributed by atoms with E-state index in [1.165, 1.54) is 41.9 Å².